The molecule has 0 bridgehead atoms. The van der Waals surface area contributed by atoms with E-state index < -0.39 is 6.10 Å². The van der Waals surface area contributed by atoms with Crippen molar-refractivity contribution in [2.24, 2.45) is 5.16 Å². The highest BCUT2D eigenvalue weighted by Crippen LogP contribution is 2.15. The molecular formula is C8H6N2O2. The van der Waals surface area contributed by atoms with Crippen LogP contribution in [0.1, 0.15) is 12.2 Å². The monoisotopic (exact) mass is 162 g/mol. The molecule has 2 heterocycles. The summed E-state index contributed by atoms with van der Waals surface area (Å²) in [7, 11) is 0. The van der Waals surface area contributed by atoms with Crippen molar-refractivity contribution in [2.75, 3.05) is 0 Å². The van der Waals surface area contributed by atoms with Crippen molar-refractivity contribution < 1.29 is 9.25 Å². The summed E-state index contributed by atoms with van der Waals surface area (Å²) >= 11 is 0. The highest BCUT2D eigenvalue weighted by molar-refractivity contribution is 5.99. The van der Waals surface area contributed by atoms with E-state index in [1.165, 1.54) is 0 Å². The van der Waals surface area contributed by atoms with Crippen molar-refractivity contribution in [1.29, 1.82) is 5.26 Å². The minimum Gasteiger partial charge on any atom is -0.463 e. The van der Waals surface area contributed by atoms with Gasteiger partial charge in [0.25, 0.3) is 0 Å². The largest absolute Gasteiger partial charge is 0.463 e. The molecule has 0 spiro atoms. The van der Waals surface area contributed by atoms with Crippen LogP contribution in [0.5, 0.6) is 0 Å². The first kappa shape index (κ1) is 6.92. The zero-order chi connectivity index (χ0) is 8.39. The quantitative estimate of drug-likeness (QED) is 0.625. The Morgan fingerprint density at radius 2 is 2.58 bits per heavy atom. The van der Waals surface area contributed by atoms with Crippen LogP contribution in [0.15, 0.2) is 28.0 Å². The molecule has 12 heavy (non-hydrogen) atoms. The van der Waals surface area contributed by atoms with Crippen LogP contribution in [0, 0.1) is 11.3 Å². The molecule has 0 saturated heterocycles. The highest BCUT2D eigenvalue weighted by atomic mass is 16.6. The van der Waals surface area contributed by atoms with E-state index in [0.717, 1.165) is 0 Å². The summed E-state index contributed by atoms with van der Waals surface area (Å²) in [6, 6.07) is 5.55. The van der Waals surface area contributed by atoms with E-state index >= 15 is 0 Å². The molecule has 0 radical (unpaired) electrons. The van der Waals surface area contributed by atoms with Gasteiger partial charge in [0.15, 0.2) is 5.76 Å². The van der Waals surface area contributed by atoms with Crippen LogP contribution in [-0.4, -0.2) is 11.8 Å². The van der Waals surface area contributed by atoms with E-state index in [0.29, 0.717) is 17.9 Å². The molecule has 0 saturated carbocycles. The van der Waals surface area contributed by atoms with Gasteiger partial charge in [0.1, 0.15) is 11.8 Å². The fourth-order valence-corrected chi connectivity index (χ4v) is 1.03. The van der Waals surface area contributed by atoms with Crippen molar-refractivity contribution in [3.8, 4) is 6.07 Å². The third-order valence-corrected chi connectivity index (χ3v) is 1.62. The molecule has 0 N–H and O–H groups in total. The van der Waals surface area contributed by atoms with Crippen LogP contribution in [0.4, 0.5) is 0 Å². The summed E-state index contributed by atoms with van der Waals surface area (Å²) in [5.74, 6) is 0.674. The molecule has 0 amide bonds. The highest BCUT2D eigenvalue weighted by Gasteiger charge is 2.22. The van der Waals surface area contributed by atoms with Gasteiger partial charge in [-0.3, -0.25) is 0 Å². The molecule has 2 rings (SSSR count). The third kappa shape index (κ3) is 1.05. The van der Waals surface area contributed by atoms with Gasteiger partial charge in [-0.05, 0) is 12.1 Å². The molecule has 60 valence electrons. The Morgan fingerprint density at radius 3 is 3.17 bits per heavy atom. The minimum atomic E-state index is -0.454. The summed E-state index contributed by atoms with van der Waals surface area (Å²) in [5.41, 5.74) is 0.701. The molecule has 1 aliphatic rings. The molecule has 0 fully saturated rings. The summed E-state index contributed by atoms with van der Waals surface area (Å²) in [6.07, 6.45) is 1.62. The normalized spacial score (nSPS) is 21.2. The average molecular weight is 162 g/mol. The molecule has 1 aromatic rings. The Morgan fingerprint density at radius 1 is 1.67 bits per heavy atom. The Bertz CT molecular complexity index is 334. The van der Waals surface area contributed by atoms with Crippen LogP contribution < -0.4 is 0 Å². The summed E-state index contributed by atoms with van der Waals surface area (Å²) in [4.78, 5) is 4.81. The van der Waals surface area contributed by atoms with Gasteiger partial charge in [-0.1, -0.05) is 5.16 Å². The fourth-order valence-electron chi connectivity index (χ4n) is 1.03. The second-order valence-corrected chi connectivity index (χ2v) is 2.44. The van der Waals surface area contributed by atoms with Crippen molar-refractivity contribution in [3.05, 3.63) is 24.2 Å². The van der Waals surface area contributed by atoms with E-state index in [2.05, 4.69) is 5.16 Å². The molecule has 4 nitrogen and oxygen atoms in total. The van der Waals surface area contributed by atoms with Gasteiger partial charge in [0.2, 0.25) is 6.10 Å². The molecule has 4 heteroatoms. The van der Waals surface area contributed by atoms with Gasteiger partial charge < -0.3 is 9.25 Å². The van der Waals surface area contributed by atoms with Crippen molar-refractivity contribution in [3.63, 3.8) is 0 Å². The van der Waals surface area contributed by atoms with E-state index in [1.54, 1.807) is 18.4 Å². The molecule has 0 aliphatic carbocycles. The minimum absolute atomic E-state index is 0.454. The van der Waals surface area contributed by atoms with Crippen LogP contribution in [0.25, 0.3) is 0 Å². The topological polar surface area (TPSA) is 58.5 Å². The van der Waals surface area contributed by atoms with E-state index in [9.17, 15) is 0 Å². The maximum absolute atomic E-state index is 8.50. The lowest BCUT2D eigenvalue weighted by Gasteiger charge is -1.91. The van der Waals surface area contributed by atoms with Gasteiger partial charge in [-0.2, -0.15) is 5.26 Å². The first-order valence-corrected chi connectivity index (χ1v) is 3.56. The van der Waals surface area contributed by atoms with Gasteiger partial charge in [0.05, 0.1) is 12.7 Å². The maximum Gasteiger partial charge on any atom is 0.218 e. The number of hydrogen-bond donors (Lipinski definition) is 0. The van der Waals surface area contributed by atoms with E-state index in [4.69, 9.17) is 14.5 Å². The van der Waals surface area contributed by atoms with Crippen LogP contribution in [-0.2, 0) is 4.84 Å². The standard InChI is InChI=1S/C8H6N2O2/c9-5-6-4-7(10-12-6)8-2-1-3-11-8/h1-3,6H,4H2/t6-/m1/s1. The lowest BCUT2D eigenvalue weighted by Crippen LogP contribution is -2.04. The van der Waals surface area contributed by atoms with Crippen LogP contribution in [0.3, 0.4) is 0 Å². The Labute approximate surface area is 69.0 Å². The molecule has 0 aromatic carbocycles. The molecule has 1 aromatic heterocycles. The SMILES string of the molecule is N#C[C@H]1CC(c2ccco2)=NO1. The van der Waals surface area contributed by atoms with Gasteiger partial charge in [-0.25, -0.2) is 0 Å². The Kier molecular flexibility index (Phi) is 1.56. The van der Waals surface area contributed by atoms with Crippen molar-refractivity contribution in [2.45, 2.75) is 12.5 Å². The van der Waals surface area contributed by atoms with Crippen LogP contribution in [0.2, 0.25) is 0 Å². The zero-order valence-electron chi connectivity index (χ0n) is 6.23. The smallest absolute Gasteiger partial charge is 0.218 e. The first-order chi connectivity index (χ1) is 5.90. The second-order valence-electron chi connectivity index (χ2n) is 2.44. The molecular weight excluding hydrogens is 156 g/mol. The van der Waals surface area contributed by atoms with Crippen LogP contribution >= 0.6 is 0 Å². The Balaban J connectivity index is 2.15. The molecule has 1 aliphatic heterocycles. The number of nitrogens with zero attached hydrogens (tertiary/aromatic N) is 2. The van der Waals surface area contributed by atoms with Gasteiger partial charge in [-0.15, -0.1) is 0 Å². The van der Waals surface area contributed by atoms with E-state index in [-0.39, 0.29) is 0 Å². The summed E-state index contributed by atoms with van der Waals surface area (Å²) in [5, 5.41) is 12.2. The lowest BCUT2D eigenvalue weighted by molar-refractivity contribution is 0.125. The third-order valence-electron chi connectivity index (χ3n) is 1.62. The number of nitriles is 1. The number of rotatable bonds is 1. The van der Waals surface area contributed by atoms with Gasteiger partial charge in [0, 0.05) is 0 Å². The molecule has 0 unspecified atom stereocenters. The van der Waals surface area contributed by atoms with Crippen molar-refractivity contribution in [1.82, 2.24) is 0 Å². The maximum atomic E-state index is 8.50. The predicted molar refractivity (Wildman–Crippen MR) is 40.3 cm³/mol. The zero-order valence-corrected chi connectivity index (χ0v) is 6.23. The van der Waals surface area contributed by atoms with Crippen molar-refractivity contribution >= 4 is 5.71 Å². The first-order valence-electron chi connectivity index (χ1n) is 3.56. The fraction of sp³-hybridized carbons (Fsp3) is 0.250. The average Bonchev–Trinajstić information content (AvgIpc) is 2.75. The number of hydrogen-bond acceptors (Lipinski definition) is 4. The predicted octanol–water partition coefficient (Wildman–Crippen LogP) is 1.30. The Hall–Kier alpha value is -1.76. The van der Waals surface area contributed by atoms with E-state index in [1.807, 2.05) is 6.07 Å². The summed E-state index contributed by atoms with van der Waals surface area (Å²) in [6.45, 7) is 0. The number of furan rings is 1. The lowest BCUT2D eigenvalue weighted by atomic mass is 10.1. The summed E-state index contributed by atoms with van der Waals surface area (Å²) < 4.78 is 5.09. The second kappa shape index (κ2) is 2.70. The van der Waals surface area contributed by atoms with Gasteiger partial charge >= 0.3 is 0 Å². The number of oxime groups is 1. The molecule has 1 atom stereocenters.